The Balaban J connectivity index is 2.79. The molecule has 0 aromatic heterocycles. The van der Waals surface area contributed by atoms with Crippen LogP contribution in [-0.4, -0.2) is 12.5 Å². The third kappa shape index (κ3) is 4.76. The van der Waals surface area contributed by atoms with Crippen molar-refractivity contribution < 1.29 is 18.0 Å². The van der Waals surface area contributed by atoms with Crippen LogP contribution in [0.25, 0.3) is 6.08 Å². The minimum absolute atomic E-state index is 0.0318. The van der Waals surface area contributed by atoms with Crippen molar-refractivity contribution in [3.05, 3.63) is 41.0 Å². The van der Waals surface area contributed by atoms with Crippen molar-refractivity contribution in [2.24, 2.45) is 0 Å². The SMILES string of the molecule is CC(=O)NCCC=Cc1ccc(C(F)(F)F)cc1C#N. The first-order valence-electron chi connectivity index (χ1n) is 5.87. The highest BCUT2D eigenvalue weighted by molar-refractivity contribution is 5.72. The van der Waals surface area contributed by atoms with Gasteiger partial charge in [0.2, 0.25) is 5.91 Å². The first-order chi connectivity index (χ1) is 9.34. The third-order valence-corrected chi connectivity index (χ3v) is 2.48. The van der Waals surface area contributed by atoms with E-state index in [0.717, 1.165) is 12.1 Å². The summed E-state index contributed by atoms with van der Waals surface area (Å²) in [5.41, 5.74) is -0.455. The Morgan fingerprint density at radius 2 is 2.15 bits per heavy atom. The number of carbonyl (C=O) groups excluding carboxylic acids is 1. The van der Waals surface area contributed by atoms with Gasteiger partial charge < -0.3 is 5.32 Å². The summed E-state index contributed by atoms with van der Waals surface area (Å²) in [6.07, 6.45) is -0.662. The summed E-state index contributed by atoms with van der Waals surface area (Å²) in [4.78, 5) is 10.6. The molecule has 0 radical (unpaired) electrons. The van der Waals surface area contributed by atoms with E-state index in [4.69, 9.17) is 5.26 Å². The van der Waals surface area contributed by atoms with Crippen LogP contribution < -0.4 is 5.32 Å². The fourth-order valence-electron chi connectivity index (χ4n) is 1.52. The molecule has 3 nitrogen and oxygen atoms in total. The average molecular weight is 282 g/mol. The molecule has 0 spiro atoms. The van der Waals surface area contributed by atoms with Crippen LogP contribution >= 0.6 is 0 Å². The second-order valence-electron chi connectivity index (χ2n) is 4.09. The molecule has 1 N–H and O–H groups in total. The van der Waals surface area contributed by atoms with Crippen LogP contribution in [0.5, 0.6) is 0 Å². The molecule has 0 aliphatic carbocycles. The van der Waals surface area contributed by atoms with Crippen molar-refractivity contribution in [2.45, 2.75) is 19.5 Å². The van der Waals surface area contributed by atoms with Crippen LogP contribution in [0.4, 0.5) is 13.2 Å². The molecule has 20 heavy (non-hydrogen) atoms. The van der Waals surface area contributed by atoms with Gasteiger partial charge in [-0.15, -0.1) is 0 Å². The normalized spacial score (nSPS) is 11.3. The van der Waals surface area contributed by atoms with Gasteiger partial charge in [0.1, 0.15) is 0 Å². The molecule has 0 bridgehead atoms. The van der Waals surface area contributed by atoms with E-state index in [1.54, 1.807) is 18.2 Å². The van der Waals surface area contributed by atoms with E-state index < -0.39 is 11.7 Å². The molecule has 106 valence electrons. The van der Waals surface area contributed by atoms with Gasteiger partial charge in [-0.3, -0.25) is 4.79 Å². The molecule has 0 unspecified atom stereocenters. The zero-order valence-corrected chi connectivity index (χ0v) is 10.8. The Morgan fingerprint density at radius 3 is 2.70 bits per heavy atom. The lowest BCUT2D eigenvalue weighted by Gasteiger charge is -2.07. The van der Waals surface area contributed by atoms with Crippen LogP contribution in [0.2, 0.25) is 0 Å². The van der Waals surface area contributed by atoms with Crippen LogP contribution in [0.1, 0.15) is 30.0 Å². The van der Waals surface area contributed by atoms with Gasteiger partial charge in [-0.05, 0) is 24.1 Å². The number of benzene rings is 1. The molecule has 0 heterocycles. The van der Waals surface area contributed by atoms with Gasteiger partial charge in [0, 0.05) is 13.5 Å². The monoisotopic (exact) mass is 282 g/mol. The smallest absolute Gasteiger partial charge is 0.356 e. The molecule has 1 amide bonds. The Hall–Kier alpha value is -2.29. The zero-order valence-electron chi connectivity index (χ0n) is 10.8. The zero-order chi connectivity index (χ0) is 15.2. The van der Waals surface area contributed by atoms with E-state index in [-0.39, 0.29) is 11.5 Å². The van der Waals surface area contributed by atoms with E-state index in [0.29, 0.717) is 18.5 Å². The van der Waals surface area contributed by atoms with Gasteiger partial charge in [-0.2, -0.15) is 18.4 Å². The summed E-state index contributed by atoms with van der Waals surface area (Å²) >= 11 is 0. The summed E-state index contributed by atoms with van der Waals surface area (Å²) in [6, 6.07) is 4.77. The van der Waals surface area contributed by atoms with E-state index in [1.165, 1.54) is 13.0 Å². The third-order valence-electron chi connectivity index (χ3n) is 2.48. The first-order valence-corrected chi connectivity index (χ1v) is 5.87. The molecule has 0 saturated heterocycles. The van der Waals surface area contributed by atoms with Crippen LogP contribution in [0.3, 0.4) is 0 Å². The summed E-state index contributed by atoms with van der Waals surface area (Å²) in [6.45, 7) is 1.84. The van der Waals surface area contributed by atoms with Crippen LogP contribution in [-0.2, 0) is 11.0 Å². The Labute approximate surface area is 114 Å². The Kier molecular flexibility index (Phi) is 5.32. The summed E-state index contributed by atoms with van der Waals surface area (Å²) < 4.78 is 37.5. The number of nitrogens with one attached hydrogen (secondary N) is 1. The fourth-order valence-corrected chi connectivity index (χ4v) is 1.52. The number of carbonyl (C=O) groups is 1. The van der Waals surface area contributed by atoms with Crippen molar-refractivity contribution >= 4 is 12.0 Å². The minimum Gasteiger partial charge on any atom is -0.356 e. The number of hydrogen-bond acceptors (Lipinski definition) is 2. The predicted molar refractivity (Wildman–Crippen MR) is 68.5 cm³/mol. The lowest BCUT2D eigenvalue weighted by atomic mass is 10.0. The van der Waals surface area contributed by atoms with E-state index in [1.807, 2.05) is 0 Å². The molecular weight excluding hydrogens is 269 g/mol. The minimum atomic E-state index is -4.46. The molecule has 0 fully saturated rings. The molecule has 6 heteroatoms. The van der Waals surface area contributed by atoms with Crippen molar-refractivity contribution in [3.8, 4) is 6.07 Å². The van der Waals surface area contributed by atoms with E-state index >= 15 is 0 Å². The lowest BCUT2D eigenvalue weighted by molar-refractivity contribution is -0.137. The highest BCUT2D eigenvalue weighted by atomic mass is 19.4. The maximum absolute atomic E-state index is 12.5. The maximum atomic E-state index is 12.5. The summed E-state index contributed by atoms with van der Waals surface area (Å²) in [5.74, 6) is -0.148. The maximum Gasteiger partial charge on any atom is 0.416 e. The summed E-state index contributed by atoms with van der Waals surface area (Å²) in [7, 11) is 0. The number of nitriles is 1. The molecular formula is C14H13F3N2O. The number of hydrogen-bond donors (Lipinski definition) is 1. The predicted octanol–water partition coefficient (Wildman–Crippen LogP) is 3.12. The largest absolute Gasteiger partial charge is 0.416 e. The highest BCUT2D eigenvalue weighted by Gasteiger charge is 2.30. The van der Waals surface area contributed by atoms with Crippen molar-refractivity contribution in [3.63, 3.8) is 0 Å². The molecule has 1 aromatic carbocycles. The molecule has 0 aliphatic rings. The number of amides is 1. The highest BCUT2D eigenvalue weighted by Crippen LogP contribution is 2.30. The average Bonchev–Trinajstić information content (AvgIpc) is 2.36. The van der Waals surface area contributed by atoms with Gasteiger partial charge in [0.05, 0.1) is 17.2 Å². The summed E-state index contributed by atoms with van der Waals surface area (Å²) in [5, 5.41) is 11.5. The van der Waals surface area contributed by atoms with Gasteiger partial charge >= 0.3 is 6.18 Å². The second-order valence-corrected chi connectivity index (χ2v) is 4.09. The van der Waals surface area contributed by atoms with Crippen LogP contribution in [0.15, 0.2) is 24.3 Å². The molecule has 0 saturated carbocycles. The lowest BCUT2D eigenvalue weighted by Crippen LogP contribution is -2.20. The quantitative estimate of drug-likeness (QED) is 0.863. The molecule has 1 rings (SSSR count). The van der Waals surface area contributed by atoms with E-state index in [9.17, 15) is 18.0 Å². The van der Waals surface area contributed by atoms with Crippen molar-refractivity contribution in [1.29, 1.82) is 5.26 Å². The molecule has 0 aliphatic heterocycles. The Bertz CT molecular complexity index is 557. The second kappa shape index (κ2) is 6.75. The number of rotatable bonds is 4. The van der Waals surface area contributed by atoms with Gasteiger partial charge in [-0.1, -0.05) is 18.2 Å². The van der Waals surface area contributed by atoms with Crippen molar-refractivity contribution in [1.82, 2.24) is 5.32 Å². The van der Waals surface area contributed by atoms with Crippen LogP contribution in [0, 0.1) is 11.3 Å². The standard InChI is InChI=1S/C14H13F3N2O/c1-10(20)19-7-3-2-4-11-5-6-13(14(15,16)17)8-12(11)9-18/h2,4-6,8H,3,7H2,1H3,(H,19,20). The number of alkyl halides is 3. The van der Waals surface area contributed by atoms with Crippen molar-refractivity contribution in [2.75, 3.05) is 6.54 Å². The molecule has 1 aromatic rings. The van der Waals surface area contributed by atoms with Gasteiger partial charge in [0.15, 0.2) is 0 Å². The Morgan fingerprint density at radius 1 is 1.45 bits per heavy atom. The van der Waals surface area contributed by atoms with E-state index in [2.05, 4.69) is 5.32 Å². The first kappa shape index (κ1) is 15.8. The van der Waals surface area contributed by atoms with Gasteiger partial charge in [0.25, 0.3) is 0 Å². The number of nitrogens with zero attached hydrogens (tertiary/aromatic N) is 1. The topological polar surface area (TPSA) is 52.9 Å². The fraction of sp³-hybridized carbons (Fsp3) is 0.286. The van der Waals surface area contributed by atoms with Gasteiger partial charge in [-0.25, -0.2) is 0 Å². The molecule has 0 atom stereocenters. The number of halogens is 3.